The smallest absolute Gasteiger partial charge is 0.0722 e. The third-order valence-corrected chi connectivity index (χ3v) is 3.16. The van der Waals surface area contributed by atoms with Crippen LogP contribution in [0.5, 0.6) is 0 Å². The molecule has 3 nitrogen and oxygen atoms in total. The molecule has 3 heterocycles. The van der Waals surface area contributed by atoms with E-state index >= 15 is 0 Å². The highest BCUT2D eigenvalue weighted by Gasteiger charge is 2.46. The number of ether oxygens (including phenoxy) is 1. The van der Waals surface area contributed by atoms with Crippen LogP contribution in [0.3, 0.4) is 0 Å². The fraction of sp³-hybridized carbons (Fsp3) is 0.545. The zero-order valence-electron chi connectivity index (χ0n) is 8.36. The van der Waals surface area contributed by atoms with Crippen molar-refractivity contribution < 1.29 is 4.74 Å². The monoisotopic (exact) mass is 190 g/mol. The molecular formula is C11H14N2O. The first-order valence-electron chi connectivity index (χ1n) is 5.01. The Hall–Kier alpha value is -0.930. The Kier molecular flexibility index (Phi) is 1.66. The van der Waals surface area contributed by atoms with E-state index in [9.17, 15) is 0 Å². The first kappa shape index (κ1) is 8.38. The van der Waals surface area contributed by atoms with E-state index in [0.717, 1.165) is 26.3 Å². The topological polar surface area (TPSA) is 25.4 Å². The second kappa shape index (κ2) is 2.78. The zero-order valence-corrected chi connectivity index (χ0v) is 8.36. The van der Waals surface area contributed by atoms with Crippen molar-refractivity contribution in [1.82, 2.24) is 9.88 Å². The highest BCUT2D eigenvalue weighted by molar-refractivity contribution is 5.33. The molecule has 1 saturated heterocycles. The molecule has 0 atom stereocenters. The second-order valence-corrected chi connectivity index (χ2v) is 4.46. The predicted molar refractivity (Wildman–Crippen MR) is 53.1 cm³/mol. The number of nitrogens with zero attached hydrogens (tertiary/aromatic N) is 2. The van der Waals surface area contributed by atoms with Crippen molar-refractivity contribution in [3.8, 4) is 0 Å². The molecule has 0 radical (unpaired) electrons. The summed E-state index contributed by atoms with van der Waals surface area (Å²) in [5.41, 5.74) is 2.83. The van der Waals surface area contributed by atoms with Crippen molar-refractivity contribution in [2.24, 2.45) is 0 Å². The summed E-state index contributed by atoms with van der Waals surface area (Å²) in [6.07, 6.45) is 1.89. The lowest BCUT2D eigenvalue weighted by molar-refractivity contribution is -0.0812. The maximum Gasteiger partial charge on any atom is 0.0722 e. The average Bonchev–Trinajstić information content (AvgIpc) is 2.14. The molecule has 0 unspecified atom stereocenters. The van der Waals surface area contributed by atoms with Crippen molar-refractivity contribution >= 4 is 0 Å². The number of fused-ring (bicyclic) bond motifs is 2. The number of pyridine rings is 1. The second-order valence-electron chi connectivity index (χ2n) is 4.46. The molecule has 3 rings (SSSR count). The van der Waals surface area contributed by atoms with E-state index in [2.05, 4.69) is 23.0 Å². The lowest BCUT2D eigenvalue weighted by Gasteiger charge is -2.47. The largest absolute Gasteiger partial charge is 0.379 e. The van der Waals surface area contributed by atoms with Gasteiger partial charge in [-0.3, -0.25) is 4.98 Å². The molecule has 1 aromatic rings. The van der Waals surface area contributed by atoms with Gasteiger partial charge in [0.2, 0.25) is 0 Å². The van der Waals surface area contributed by atoms with E-state index in [0.29, 0.717) is 0 Å². The molecule has 1 spiro atoms. The Bertz CT molecular complexity index is 360. The molecule has 14 heavy (non-hydrogen) atoms. The quantitative estimate of drug-likeness (QED) is 0.605. The summed E-state index contributed by atoms with van der Waals surface area (Å²) in [4.78, 5) is 6.88. The summed E-state index contributed by atoms with van der Waals surface area (Å²) in [6.45, 7) is 3.77. The van der Waals surface area contributed by atoms with Crippen molar-refractivity contribution in [3.05, 3.63) is 29.6 Å². The van der Waals surface area contributed by atoms with Gasteiger partial charge in [-0.25, -0.2) is 0 Å². The van der Waals surface area contributed by atoms with Gasteiger partial charge < -0.3 is 9.64 Å². The molecule has 0 aromatic carbocycles. The highest BCUT2D eigenvalue weighted by atomic mass is 16.5. The molecule has 0 aliphatic carbocycles. The number of likely N-dealkylation sites (N-methyl/N-ethyl adjacent to an activating group) is 1. The van der Waals surface area contributed by atoms with Crippen LogP contribution in [0.4, 0.5) is 0 Å². The third kappa shape index (κ3) is 1.03. The van der Waals surface area contributed by atoms with E-state index in [1.165, 1.54) is 11.3 Å². The van der Waals surface area contributed by atoms with Gasteiger partial charge >= 0.3 is 0 Å². The molecule has 0 bridgehead atoms. The SMILES string of the molecule is CN1Cc2cccnc2C2(COC2)C1. The van der Waals surface area contributed by atoms with Crippen LogP contribution in [0.1, 0.15) is 11.3 Å². The molecule has 1 fully saturated rings. The van der Waals surface area contributed by atoms with Gasteiger partial charge in [0, 0.05) is 19.3 Å². The normalized spacial score (nSPS) is 24.4. The van der Waals surface area contributed by atoms with Gasteiger partial charge in [-0.2, -0.15) is 0 Å². The van der Waals surface area contributed by atoms with Crippen LogP contribution in [0.2, 0.25) is 0 Å². The summed E-state index contributed by atoms with van der Waals surface area (Å²) < 4.78 is 5.35. The molecule has 74 valence electrons. The average molecular weight is 190 g/mol. The van der Waals surface area contributed by atoms with E-state index in [1.54, 1.807) is 0 Å². The number of hydrogen-bond acceptors (Lipinski definition) is 3. The van der Waals surface area contributed by atoms with E-state index in [-0.39, 0.29) is 5.41 Å². The fourth-order valence-corrected chi connectivity index (χ4v) is 2.56. The van der Waals surface area contributed by atoms with Crippen LogP contribution in [0.25, 0.3) is 0 Å². The molecular weight excluding hydrogens is 176 g/mol. The van der Waals surface area contributed by atoms with Crippen LogP contribution in [0, 0.1) is 0 Å². The van der Waals surface area contributed by atoms with Gasteiger partial charge in [-0.05, 0) is 18.7 Å². The summed E-state index contributed by atoms with van der Waals surface area (Å²) in [6, 6.07) is 4.20. The van der Waals surface area contributed by atoms with Gasteiger partial charge in [0.05, 0.1) is 24.3 Å². The van der Waals surface area contributed by atoms with Crippen LogP contribution < -0.4 is 0 Å². The Labute approximate surface area is 83.7 Å². The predicted octanol–water partition coefficient (Wildman–Crippen LogP) is 0.795. The molecule has 1 aromatic heterocycles. The van der Waals surface area contributed by atoms with E-state index in [1.807, 2.05) is 12.3 Å². The lowest BCUT2D eigenvalue weighted by Crippen LogP contribution is -2.57. The first-order valence-corrected chi connectivity index (χ1v) is 5.01. The highest BCUT2D eigenvalue weighted by Crippen LogP contribution is 2.37. The minimum Gasteiger partial charge on any atom is -0.379 e. The number of aromatic nitrogens is 1. The molecule has 0 N–H and O–H groups in total. The summed E-state index contributed by atoms with van der Waals surface area (Å²) >= 11 is 0. The Morgan fingerprint density at radius 3 is 3.07 bits per heavy atom. The van der Waals surface area contributed by atoms with Crippen LogP contribution >= 0.6 is 0 Å². The van der Waals surface area contributed by atoms with E-state index < -0.39 is 0 Å². The lowest BCUT2D eigenvalue weighted by atomic mass is 9.77. The maximum atomic E-state index is 5.35. The number of hydrogen-bond donors (Lipinski definition) is 0. The van der Waals surface area contributed by atoms with Gasteiger partial charge in [0.15, 0.2) is 0 Å². The standard InChI is InChI=1S/C11H14N2O/c1-13-5-9-3-2-4-12-10(9)11(6-13)7-14-8-11/h2-4H,5-8H2,1H3. The Balaban J connectivity index is 2.10. The van der Waals surface area contributed by atoms with Crippen LogP contribution in [-0.2, 0) is 16.7 Å². The van der Waals surface area contributed by atoms with Crippen molar-refractivity contribution in [3.63, 3.8) is 0 Å². The Morgan fingerprint density at radius 1 is 1.50 bits per heavy atom. The number of rotatable bonds is 0. The Morgan fingerprint density at radius 2 is 2.36 bits per heavy atom. The van der Waals surface area contributed by atoms with Gasteiger partial charge in [0.25, 0.3) is 0 Å². The van der Waals surface area contributed by atoms with Gasteiger partial charge in [-0.15, -0.1) is 0 Å². The maximum absolute atomic E-state index is 5.35. The summed E-state index contributed by atoms with van der Waals surface area (Å²) in [7, 11) is 2.16. The minimum absolute atomic E-state index is 0.198. The van der Waals surface area contributed by atoms with Gasteiger partial charge in [-0.1, -0.05) is 6.07 Å². The van der Waals surface area contributed by atoms with Gasteiger partial charge in [0.1, 0.15) is 0 Å². The fourth-order valence-electron chi connectivity index (χ4n) is 2.56. The van der Waals surface area contributed by atoms with Crippen molar-refractivity contribution in [2.75, 3.05) is 26.8 Å². The summed E-state index contributed by atoms with van der Waals surface area (Å²) in [5, 5.41) is 0. The van der Waals surface area contributed by atoms with E-state index in [4.69, 9.17) is 4.74 Å². The molecule has 0 amide bonds. The molecule has 2 aliphatic rings. The first-order chi connectivity index (χ1) is 6.80. The van der Waals surface area contributed by atoms with Crippen LogP contribution in [0.15, 0.2) is 18.3 Å². The molecule has 3 heteroatoms. The third-order valence-electron chi connectivity index (χ3n) is 3.16. The molecule has 0 saturated carbocycles. The van der Waals surface area contributed by atoms with Crippen LogP contribution in [-0.4, -0.2) is 36.7 Å². The minimum atomic E-state index is 0.198. The van der Waals surface area contributed by atoms with Crippen molar-refractivity contribution in [1.29, 1.82) is 0 Å². The van der Waals surface area contributed by atoms with Crippen molar-refractivity contribution in [2.45, 2.75) is 12.0 Å². The zero-order chi connectivity index (χ0) is 9.60. The summed E-state index contributed by atoms with van der Waals surface area (Å²) in [5.74, 6) is 0. The molecule has 2 aliphatic heterocycles.